The largest absolute Gasteiger partial charge is 0.370 e. The Morgan fingerprint density at radius 3 is 2.33 bits per heavy atom. The molecule has 0 saturated carbocycles. The minimum absolute atomic E-state index is 0.238. The number of carbonyl (C=O) groups excluding carboxylic acids is 1. The highest BCUT2D eigenvalue weighted by atomic mass is 16.1. The lowest BCUT2D eigenvalue weighted by molar-refractivity contribution is -0.118. The molecule has 0 saturated heterocycles. The van der Waals surface area contributed by atoms with Gasteiger partial charge in [0.2, 0.25) is 5.91 Å². The van der Waals surface area contributed by atoms with Crippen molar-refractivity contribution >= 4 is 5.91 Å². The Hall–Kier alpha value is -1.39. The van der Waals surface area contributed by atoms with Gasteiger partial charge in [-0.15, -0.1) is 0 Å². The predicted molar refractivity (Wildman–Crippen MR) is 74.1 cm³/mol. The minimum Gasteiger partial charge on any atom is -0.370 e. The molecular formula is C14H23N3O. The van der Waals surface area contributed by atoms with Gasteiger partial charge in [0.05, 0.1) is 0 Å². The minimum atomic E-state index is -0.238. The van der Waals surface area contributed by atoms with Crippen molar-refractivity contribution in [1.29, 1.82) is 0 Å². The highest BCUT2D eigenvalue weighted by Crippen LogP contribution is 2.05. The van der Waals surface area contributed by atoms with E-state index in [0.717, 1.165) is 26.2 Å². The average Bonchev–Trinajstić information content (AvgIpc) is 2.33. The van der Waals surface area contributed by atoms with Crippen LogP contribution in [0.2, 0.25) is 0 Å². The van der Waals surface area contributed by atoms with Crippen molar-refractivity contribution in [2.75, 3.05) is 33.7 Å². The first-order chi connectivity index (χ1) is 8.58. The summed E-state index contributed by atoms with van der Waals surface area (Å²) in [7, 11) is 4.10. The molecule has 0 aliphatic rings. The average molecular weight is 249 g/mol. The third-order valence-corrected chi connectivity index (χ3v) is 2.79. The van der Waals surface area contributed by atoms with Crippen molar-refractivity contribution in [2.24, 2.45) is 5.73 Å². The Morgan fingerprint density at radius 1 is 1.11 bits per heavy atom. The number of rotatable bonds is 8. The Bertz CT molecular complexity index is 351. The fourth-order valence-electron chi connectivity index (χ4n) is 1.72. The summed E-state index contributed by atoms with van der Waals surface area (Å²) in [6.45, 7) is 3.50. The van der Waals surface area contributed by atoms with E-state index in [1.165, 1.54) is 5.56 Å². The van der Waals surface area contributed by atoms with Crippen LogP contribution in [0.25, 0.3) is 0 Å². The lowest BCUT2D eigenvalue weighted by Gasteiger charge is -2.23. The number of amides is 1. The van der Waals surface area contributed by atoms with Crippen LogP contribution in [-0.2, 0) is 11.3 Å². The highest BCUT2D eigenvalue weighted by Gasteiger charge is 2.07. The third-order valence-electron chi connectivity index (χ3n) is 2.79. The summed E-state index contributed by atoms with van der Waals surface area (Å²) in [5, 5.41) is 0. The van der Waals surface area contributed by atoms with Crippen LogP contribution >= 0.6 is 0 Å². The van der Waals surface area contributed by atoms with Crippen LogP contribution in [0.1, 0.15) is 12.0 Å². The van der Waals surface area contributed by atoms with E-state index in [4.69, 9.17) is 5.73 Å². The molecule has 0 bridgehead atoms. The maximum atomic E-state index is 10.9. The number of hydrogen-bond donors (Lipinski definition) is 1. The molecule has 0 fully saturated rings. The number of likely N-dealkylation sites (N-methyl/N-ethyl adjacent to an activating group) is 1. The van der Waals surface area contributed by atoms with Gasteiger partial charge in [-0.25, -0.2) is 0 Å². The fraction of sp³-hybridized carbons (Fsp3) is 0.500. The van der Waals surface area contributed by atoms with Crippen molar-refractivity contribution in [3.8, 4) is 0 Å². The maximum absolute atomic E-state index is 10.9. The fourth-order valence-corrected chi connectivity index (χ4v) is 1.72. The topological polar surface area (TPSA) is 49.6 Å². The molecule has 4 heteroatoms. The van der Waals surface area contributed by atoms with Crippen LogP contribution in [0.3, 0.4) is 0 Å². The molecule has 100 valence electrons. The van der Waals surface area contributed by atoms with E-state index in [2.05, 4.69) is 36.0 Å². The second-order valence-electron chi connectivity index (χ2n) is 4.78. The van der Waals surface area contributed by atoms with E-state index in [9.17, 15) is 4.79 Å². The van der Waals surface area contributed by atoms with Crippen LogP contribution < -0.4 is 5.73 Å². The zero-order chi connectivity index (χ0) is 13.4. The number of primary amides is 1. The van der Waals surface area contributed by atoms with Gasteiger partial charge in [-0.1, -0.05) is 30.3 Å². The molecule has 1 aromatic rings. The van der Waals surface area contributed by atoms with Crippen molar-refractivity contribution < 1.29 is 4.79 Å². The first-order valence-corrected chi connectivity index (χ1v) is 6.27. The van der Waals surface area contributed by atoms with Crippen LogP contribution in [0.5, 0.6) is 0 Å². The molecule has 2 N–H and O–H groups in total. The van der Waals surface area contributed by atoms with Crippen molar-refractivity contribution in [1.82, 2.24) is 9.80 Å². The van der Waals surface area contributed by atoms with Gasteiger partial charge in [-0.3, -0.25) is 9.69 Å². The molecule has 0 radical (unpaired) electrons. The van der Waals surface area contributed by atoms with Crippen LogP contribution in [0.4, 0.5) is 0 Å². The third kappa shape index (κ3) is 6.37. The van der Waals surface area contributed by atoms with Crippen LogP contribution in [-0.4, -0.2) is 49.4 Å². The summed E-state index contributed by atoms with van der Waals surface area (Å²) in [5.41, 5.74) is 6.48. The summed E-state index contributed by atoms with van der Waals surface area (Å²) in [6.07, 6.45) is 0.417. The molecule has 0 aliphatic carbocycles. The summed E-state index contributed by atoms with van der Waals surface area (Å²) in [5.74, 6) is -0.238. The monoisotopic (exact) mass is 249 g/mol. The predicted octanol–water partition coefficient (Wildman–Crippen LogP) is 0.926. The van der Waals surface area contributed by atoms with Gasteiger partial charge in [-0.2, -0.15) is 0 Å². The van der Waals surface area contributed by atoms with Gasteiger partial charge < -0.3 is 10.6 Å². The highest BCUT2D eigenvalue weighted by molar-refractivity contribution is 5.73. The summed E-state index contributed by atoms with van der Waals surface area (Å²) in [6, 6.07) is 10.3. The van der Waals surface area contributed by atoms with E-state index < -0.39 is 0 Å². The lowest BCUT2D eigenvalue weighted by Crippen LogP contribution is -2.33. The van der Waals surface area contributed by atoms with Gasteiger partial charge in [-0.05, 0) is 19.7 Å². The molecule has 0 unspecified atom stereocenters. The van der Waals surface area contributed by atoms with Gasteiger partial charge in [0.1, 0.15) is 0 Å². The van der Waals surface area contributed by atoms with Crippen molar-refractivity contribution in [2.45, 2.75) is 13.0 Å². The molecule has 0 atom stereocenters. The molecule has 0 heterocycles. The van der Waals surface area contributed by atoms with Gasteiger partial charge >= 0.3 is 0 Å². The van der Waals surface area contributed by atoms with Crippen molar-refractivity contribution in [3.05, 3.63) is 35.9 Å². The zero-order valence-electron chi connectivity index (χ0n) is 11.3. The molecule has 1 rings (SSSR count). The second kappa shape index (κ2) is 7.84. The van der Waals surface area contributed by atoms with E-state index in [-0.39, 0.29) is 5.91 Å². The van der Waals surface area contributed by atoms with Crippen molar-refractivity contribution in [3.63, 3.8) is 0 Å². The van der Waals surface area contributed by atoms with Gasteiger partial charge in [0, 0.05) is 32.6 Å². The summed E-state index contributed by atoms with van der Waals surface area (Å²) in [4.78, 5) is 15.3. The summed E-state index contributed by atoms with van der Waals surface area (Å²) >= 11 is 0. The van der Waals surface area contributed by atoms with E-state index in [1.807, 2.05) is 18.2 Å². The molecule has 1 aromatic carbocycles. The molecule has 1 amide bonds. The Kier molecular flexibility index (Phi) is 6.39. The molecule has 4 nitrogen and oxygen atoms in total. The molecule has 0 spiro atoms. The number of benzene rings is 1. The Balaban J connectivity index is 2.50. The number of carbonyl (C=O) groups is 1. The summed E-state index contributed by atoms with van der Waals surface area (Å²) < 4.78 is 0. The molecular weight excluding hydrogens is 226 g/mol. The van der Waals surface area contributed by atoms with E-state index in [0.29, 0.717) is 6.42 Å². The first-order valence-electron chi connectivity index (χ1n) is 6.27. The Morgan fingerprint density at radius 2 is 1.78 bits per heavy atom. The van der Waals surface area contributed by atoms with Gasteiger partial charge in [0.25, 0.3) is 0 Å². The molecule has 0 aromatic heterocycles. The molecule has 18 heavy (non-hydrogen) atoms. The zero-order valence-corrected chi connectivity index (χ0v) is 11.3. The number of nitrogens with two attached hydrogens (primary N) is 1. The standard InChI is InChI=1S/C14H23N3O/c1-16(2)10-11-17(9-8-14(15)18)12-13-6-4-3-5-7-13/h3-7H,8-12H2,1-2H3,(H2,15,18). The SMILES string of the molecule is CN(C)CCN(CCC(N)=O)Cc1ccccc1. The normalized spacial score (nSPS) is 11.1. The number of hydrogen-bond acceptors (Lipinski definition) is 3. The quantitative estimate of drug-likeness (QED) is 0.745. The Labute approximate surface area is 109 Å². The number of nitrogens with zero attached hydrogens (tertiary/aromatic N) is 2. The van der Waals surface area contributed by atoms with E-state index >= 15 is 0 Å². The second-order valence-corrected chi connectivity index (χ2v) is 4.78. The smallest absolute Gasteiger partial charge is 0.218 e. The maximum Gasteiger partial charge on any atom is 0.218 e. The van der Waals surface area contributed by atoms with Crippen LogP contribution in [0.15, 0.2) is 30.3 Å². The van der Waals surface area contributed by atoms with Crippen LogP contribution in [0, 0.1) is 0 Å². The van der Waals surface area contributed by atoms with E-state index in [1.54, 1.807) is 0 Å². The van der Waals surface area contributed by atoms with Gasteiger partial charge in [0.15, 0.2) is 0 Å². The lowest BCUT2D eigenvalue weighted by atomic mass is 10.2. The first kappa shape index (κ1) is 14.7. The molecule has 0 aliphatic heterocycles.